The number of anilines is 1. The van der Waals surface area contributed by atoms with Crippen LogP contribution in [0.15, 0.2) is 10.4 Å². The van der Waals surface area contributed by atoms with Gasteiger partial charge in [-0.3, -0.25) is 0 Å². The summed E-state index contributed by atoms with van der Waals surface area (Å²) in [6.07, 6.45) is 0. The first kappa shape index (κ1) is 14.4. The zero-order valence-corrected chi connectivity index (χ0v) is 13.1. The average Bonchev–Trinajstić information content (AvgIpc) is 2.84. The van der Waals surface area contributed by atoms with Crippen LogP contribution in [0.3, 0.4) is 0 Å². The van der Waals surface area contributed by atoms with Crippen LogP contribution in [0, 0.1) is 13.8 Å². The first-order valence-electron chi connectivity index (χ1n) is 5.48. The van der Waals surface area contributed by atoms with Crippen molar-refractivity contribution in [2.45, 2.75) is 31.2 Å². The molecule has 2 aromatic heterocycles. The molecule has 104 valence electrons. The van der Waals surface area contributed by atoms with Crippen LogP contribution in [0.1, 0.15) is 28.3 Å². The molecule has 1 atom stereocenters. The number of aryl methyl sites for hydroxylation is 2. The third kappa shape index (κ3) is 3.11. The molecule has 2 rings (SSSR count). The van der Waals surface area contributed by atoms with E-state index in [9.17, 15) is 8.42 Å². The maximum Gasteiger partial charge on any atom is 0.270 e. The molecule has 2 aromatic rings. The first-order valence-corrected chi connectivity index (χ1v) is 8.59. The predicted octanol–water partition coefficient (Wildman–Crippen LogP) is 1.84. The van der Waals surface area contributed by atoms with Crippen LogP contribution in [-0.2, 0) is 10.0 Å². The molecule has 3 N–H and O–H groups in total. The van der Waals surface area contributed by atoms with E-state index < -0.39 is 10.0 Å². The lowest BCUT2D eigenvalue weighted by molar-refractivity contribution is 0.565. The summed E-state index contributed by atoms with van der Waals surface area (Å²) in [7, 11) is -3.67. The molecule has 0 fully saturated rings. The number of nitrogens with one attached hydrogen (secondary N) is 1. The zero-order valence-electron chi connectivity index (χ0n) is 10.7. The molecule has 0 aromatic carbocycles. The summed E-state index contributed by atoms with van der Waals surface area (Å²) in [5.74, 6) is 0. The minimum Gasteiger partial charge on any atom is -0.374 e. The standard InChI is InChI=1S/C10H14N4O2S3/c1-5-4-8(7(3)17-5)6(2)14-19(15,16)10-13-12-9(11)18-10/h4,6,14H,1-3H3,(H2,11,12). The Kier molecular flexibility index (Phi) is 3.90. The second-order valence-electron chi connectivity index (χ2n) is 4.12. The third-order valence-corrected chi connectivity index (χ3v) is 6.17. The number of thiophene rings is 1. The van der Waals surface area contributed by atoms with E-state index in [1.165, 1.54) is 0 Å². The van der Waals surface area contributed by atoms with Gasteiger partial charge in [0, 0.05) is 15.8 Å². The Bertz CT molecular complexity index is 689. The predicted molar refractivity (Wildman–Crippen MR) is 76.9 cm³/mol. The summed E-state index contributed by atoms with van der Waals surface area (Å²) in [5.41, 5.74) is 6.37. The van der Waals surface area contributed by atoms with Crippen molar-refractivity contribution < 1.29 is 8.42 Å². The van der Waals surface area contributed by atoms with Crippen molar-refractivity contribution in [2.75, 3.05) is 5.73 Å². The van der Waals surface area contributed by atoms with Crippen molar-refractivity contribution in [3.05, 3.63) is 21.4 Å². The number of sulfonamides is 1. The fraction of sp³-hybridized carbons (Fsp3) is 0.400. The molecule has 0 spiro atoms. The first-order chi connectivity index (χ1) is 8.79. The van der Waals surface area contributed by atoms with E-state index >= 15 is 0 Å². The van der Waals surface area contributed by atoms with Crippen molar-refractivity contribution in [3.8, 4) is 0 Å². The van der Waals surface area contributed by atoms with Gasteiger partial charge in [0.1, 0.15) is 0 Å². The highest BCUT2D eigenvalue weighted by Gasteiger charge is 2.23. The summed E-state index contributed by atoms with van der Waals surface area (Å²) in [6.45, 7) is 5.77. The van der Waals surface area contributed by atoms with Gasteiger partial charge in [-0.2, -0.15) is 0 Å². The lowest BCUT2D eigenvalue weighted by atomic mass is 10.1. The smallest absolute Gasteiger partial charge is 0.270 e. The van der Waals surface area contributed by atoms with Gasteiger partial charge in [0.15, 0.2) is 0 Å². The number of aromatic nitrogens is 2. The molecular formula is C10H14N4O2S3. The molecule has 0 aliphatic heterocycles. The Morgan fingerprint density at radius 1 is 1.32 bits per heavy atom. The Balaban J connectivity index is 2.23. The number of nitrogens with two attached hydrogens (primary N) is 1. The van der Waals surface area contributed by atoms with Crippen LogP contribution in [-0.4, -0.2) is 18.6 Å². The van der Waals surface area contributed by atoms with Crippen LogP contribution in [0.25, 0.3) is 0 Å². The lowest BCUT2D eigenvalue weighted by Gasteiger charge is -2.12. The molecule has 0 amide bonds. The summed E-state index contributed by atoms with van der Waals surface area (Å²) in [5, 5.41) is 7.21. The van der Waals surface area contributed by atoms with Gasteiger partial charge in [-0.25, -0.2) is 13.1 Å². The van der Waals surface area contributed by atoms with Crippen LogP contribution < -0.4 is 10.5 Å². The van der Waals surface area contributed by atoms with Crippen LogP contribution in [0.2, 0.25) is 0 Å². The number of hydrogen-bond donors (Lipinski definition) is 2. The zero-order chi connectivity index (χ0) is 14.2. The van der Waals surface area contributed by atoms with E-state index in [0.29, 0.717) is 0 Å². The molecule has 19 heavy (non-hydrogen) atoms. The van der Waals surface area contributed by atoms with E-state index in [4.69, 9.17) is 5.73 Å². The van der Waals surface area contributed by atoms with Gasteiger partial charge in [0.2, 0.25) is 9.47 Å². The molecule has 0 saturated carbocycles. The maximum atomic E-state index is 12.1. The minimum atomic E-state index is -3.67. The van der Waals surface area contributed by atoms with Crippen LogP contribution >= 0.6 is 22.7 Å². The molecule has 1 unspecified atom stereocenters. The Morgan fingerprint density at radius 3 is 2.47 bits per heavy atom. The topological polar surface area (TPSA) is 98.0 Å². The summed E-state index contributed by atoms with van der Waals surface area (Å²) >= 11 is 2.49. The minimum absolute atomic E-state index is 0.110. The summed E-state index contributed by atoms with van der Waals surface area (Å²) in [4.78, 5) is 2.25. The van der Waals surface area contributed by atoms with Gasteiger partial charge < -0.3 is 5.73 Å². The summed E-state index contributed by atoms with van der Waals surface area (Å²) in [6, 6.07) is 1.67. The van der Waals surface area contributed by atoms with E-state index in [1.54, 1.807) is 18.3 Å². The van der Waals surface area contributed by atoms with E-state index in [-0.39, 0.29) is 15.5 Å². The van der Waals surface area contributed by atoms with Crippen molar-refractivity contribution in [1.29, 1.82) is 0 Å². The van der Waals surface area contributed by atoms with Gasteiger partial charge >= 0.3 is 0 Å². The largest absolute Gasteiger partial charge is 0.374 e. The molecule has 9 heteroatoms. The highest BCUT2D eigenvalue weighted by atomic mass is 32.2. The second-order valence-corrected chi connectivity index (χ2v) is 8.47. The number of nitrogens with zero attached hydrogens (tertiary/aromatic N) is 2. The van der Waals surface area contributed by atoms with Gasteiger partial charge in [-0.1, -0.05) is 11.3 Å². The lowest BCUT2D eigenvalue weighted by Crippen LogP contribution is -2.27. The molecule has 2 heterocycles. The molecule has 0 aliphatic rings. The van der Waals surface area contributed by atoms with E-state index in [2.05, 4.69) is 14.9 Å². The molecule has 6 nitrogen and oxygen atoms in total. The highest BCUT2D eigenvalue weighted by molar-refractivity contribution is 7.91. The molecular weight excluding hydrogens is 304 g/mol. The van der Waals surface area contributed by atoms with Crippen LogP contribution in [0.5, 0.6) is 0 Å². The van der Waals surface area contributed by atoms with Gasteiger partial charge in [0.25, 0.3) is 10.0 Å². The van der Waals surface area contributed by atoms with Crippen LogP contribution in [0.4, 0.5) is 5.13 Å². The number of nitrogen functional groups attached to an aromatic ring is 1. The van der Waals surface area contributed by atoms with Gasteiger partial charge in [0.05, 0.1) is 0 Å². The van der Waals surface area contributed by atoms with Crippen molar-refractivity contribution >= 4 is 37.8 Å². The number of rotatable bonds is 4. The molecule has 0 bridgehead atoms. The van der Waals surface area contributed by atoms with Crippen molar-refractivity contribution in [2.24, 2.45) is 0 Å². The van der Waals surface area contributed by atoms with Crippen molar-refractivity contribution in [1.82, 2.24) is 14.9 Å². The Labute approximate surface area is 119 Å². The SMILES string of the molecule is Cc1cc(C(C)NS(=O)(=O)c2nnc(N)s2)c(C)s1. The van der Waals surface area contributed by atoms with Gasteiger partial charge in [-0.05, 0) is 32.4 Å². The fourth-order valence-electron chi connectivity index (χ4n) is 1.76. The number of hydrogen-bond acceptors (Lipinski definition) is 7. The summed E-state index contributed by atoms with van der Waals surface area (Å²) < 4.78 is 26.7. The van der Waals surface area contributed by atoms with E-state index in [1.807, 2.05) is 19.9 Å². The van der Waals surface area contributed by atoms with E-state index in [0.717, 1.165) is 26.7 Å². The Hall–Kier alpha value is -1.03. The maximum absolute atomic E-state index is 12.1. The highest BCUT2D eigenvalue weighted by Crippen LogP contribution is 2.27. The normalized spacial score (nSPS) is 13.6. The second kappa shape index (κ2) is 5.16. The molecule has 0 saturated heterocycles. The molecule has 0 aliphatic carbocycles. The fourth-order valence-corrected chi connectivity index (χ4v) is 4.80. The van der Waals surface area contributed by atoms with Gasteiger partial charge in [-0.15, -0.1) is 21.5 Å². The monoisotopic (exact) mass is 318 g/mol. The van der Waals surface area contributed by atoms with Crippen molar-refractivity contribution in [3.63, 3.8) is 0 Å². The quantitative estimate of drug-likeness (QED) is 0.896. The molecule has 0 radical (unpaired) electrons. The third-order valence-electron chi connectivity index (χ3n) is 2.53. The Morgan fingerprint density at radius 2 is 2.00 bits per heavy atom. The average molecular weight is 318 g/mol.